The van der Waals surface area contributed by atoms with Gasteiger partial charge in [0.05, 0.1) is 6.10 Å². The Bertz CT molecular complexity index is 201. The largest absolute Gasteiger partial charge is 0.378 e. The van der Waals surface area contributed by atoms with E-state index in [0.717, 1.165) is 18.4 Å². The Labute approximate surface area is 99.9 Å². The van der Waals surface area contributed by atoms with Crippen LogP contribution in [0.25, 0.3) is 0 Å². The van der Waals surface area contributed by atoms with Crippen LogP contribution >= 0.6 is 0 Å². The van der Waals surface area contributed by atoms with Crippen molar-refractivity contribution in [1.29, 1.82) is 0 Å². The minimum atomic E-state index is 0.462. The van der Waals surface area contributed by atoms with Gasteiger partial charge in [0.1, 0.15) is 0 Å². The number of nitrogens with two attached hydrogens (primary N) is 1. The topological polar surface area (TPSA) is 35.2 Å². The molecule has 2 fully saturated rings. The van der Waals surface area contributed by atoms with Gasteiger partial charge in [-0.25, -0.2) is 0 Å². The maximum absolute atomic E-state index is 6.24. The fourth-order valence-electron chi connectivity index (χ4n) is 3.36. The van der Waals surface area contributed by atoms with Crippen LogP contribution in [0.4, 0.5) is 0 Å². The second kappa shape index (κ2) is 6.02. The van der Waals surface area contributed by atoms with E-state index in [1.54, 1.807) is 0 Å². The summed E-state index contributed by atoms with van der Waals surface area (Å²) >= 11 is 0. The van der Waals surface area contributed by atoms with Crippen molar-refractivity contribution in [2.24, 2.45) is 17.6 Å². The number of ether oxygens (including phenoxy) is 1. The second-order valence-corrected chi connectivity index (χ2v) is 5.72. The van der Waals surface area contributed by atoms with Gasteiger partial charge in [-0.15, -0.1) is 0 Å². The van der Waals surface area contributed by atoms with Crippen LogP contribution in [-0.4, -0.2) is 18.8 Å². The molecule has 1 saturated carbocycles. The monoisotopic (exact) mass is 225 g/mol. The average molecular weight is 225 g/mol. The van der Waals surface area contributed by atoms with Gasteiger partial charge in [-0.2, -0.15) is 0 Å². The van der Waals surface area contributed by atoms with E-state index < -0.39 is 0 Å². The molecule has 2 aliphatic rings. The van der Waals surface area contributed by atoms with Crippen LogP contribution < -0.4 is 5.73 Å². The molecule has 2 rings (SSSR count). The highest BCUT2D eigenvalue weighted by molar-refractivity contribution is 4.83. The molecule has 0 bridgehead atoms. The zero-order valence-electron chi connectivity index (χ0n) is 10.7. The standard InChI is InChI=1S/C14H27NO/c1-2-11-5-8-14(15)12(10-11)6-7-13-4-3-9-16-13/h11-14H,2-10,15H2,1H3. The van der Waals surface area contributed by atoms with Crippen molar-refractivity contribution in [1.82, 2.24) is 0 Å². The van der Waals surface area contributed by atoms with Gasteiger partial charge in [0.15, 0.2) is 0 Å². The first-order chi connectivity index (χ1) is 7.79. The highest BCUT2D eigenvalue weighted by Crippen LogP contribution is 2.34. The molecule has 1 aliphatic carbocycles. The van der Waals surface area contributed by atoms with Crippen molar-refractivity contribution in [3.05, 3.63) is 0 Å². The van der Waals surface area contributed by atoms with E-state index >= 15 is 0 Å². The zero-order valence-corrected chi connectivity index (χ0v) is 10.7. The van der Waals surface area contributed by atoms with E-state index in [1.807, 2.05) is 0 Å². The first-order valence-electron chi connectivity index (χ1n) is 7.16. The Morgan fingerprint density at radius 1 is 1.19 bits per heavy atom. The molecule has 0 aromatic heterocycles. The smallest absolute Gasteiger partial charge is 0.0576 e. The molecule has 0 spiro atoms. The quantitative estimate of drug-likeness (QED) is 0.798. The first-order valence-corrected chi connectivity index (χ1v) is 7.16. The van der Waals surface area contributed by atoms with Gasteiger partial charge in [0.25, 0.3) is 0 Å². The molecule has 0 aromatic rings. The number of rotatable bonds is 4. The van der Waals surface area contributed by atoms with Crippen LogP contribution in [0.2, 0.25) is 0 Å². The zero-order chi connectivity index (χ0) is 11.4. The Morgan fingerprint density at radius 2 is 2.06 bits per heavy atom. The highest BCUT2D eigenvalue weighted by atomic mass is 16.5. The number of hydrogen-bond donors (Lipinski definition) is 1. The van der Waals surface area contributed by atoms with Crippen molar-refractivity contribution in [2.45, 2.75) is 70.4 Å². The Hall–Kier alpha value is -0.0800. The van der Waals surface area contributed by atoms with Crippen molar-refractivity contribution in [3.63, 3.8) is 0 Å². The third kappa shape index (κ3) is 3.21. The van der Waals surface area contributed by atoms with Crippen LogP contribution in [0.5, 0.6) is 0 Å². The van der Waals surface area contributed by atoms with Gasteiger partial charge in [-0.1, -0.05) is 13.3 Å². The summed E-state index contributed by atoms with van der Waals surface area (Å²) in [5, 5.41) is 0. The molecule has 0 amide bonds. The van der Waals surface area contributed by atoms with Crippen molar-refractivity contribution in [2.75, 3.05) is 6.61 Å². The highest BCUT2D eigenvalue weighted by Gasteiger charge is 2.28. The molecule has 2 nitrogen and oxygen atoms in total. The minimum Gasteiger partial charge on any atom is -0.378 e. The Balaban J connectivity index is 1.73. The molecule has 2 N–H and O–H groups in total. The first kappa shape index (κ1) is 12.4. The van der Waals surface area contributed by atoms with Crippen LogP contribution in [0.3, 0.4) is 0 Å². The van der Waals surface area contributed by atoms with E-state index in [-0.39, 0.29) is 0 Å². The summed E-state index contributed by atoms with van der Waals surface area (Å²) in [4.78, 5) is 0. The Kier molecular flexibility index (Phi) is 4.66. The predicted octanol–water partition coefficient (Wildman–Crippen LogP) is 3.10. The van der Waals surface area contributed by atoms with Crippen molar-refractivity contribution in [3.8, 4) is 0 Å². The van der Waals surface area contributed by atoms with E-state index in [9.17, 15) is 0 Å². The number of hydrogen-bond acceptors (Lipinski definition) is 2. The second-order valence-electron chi connectivity index (χ2n) is 5.72. The van der Waals surface area contributed by atoms with Gasteiger partial charge >= 0.3 is 0 Å². The lowest BCUT2D eigenvalue weighted by atomic mass is 9.75. The van der Waals surface area contributed by atoms with Gasteiger partial charge < -0.3 is 10.5 Å². The predicted molar refractivity (Wildman–Crippen MR) is 67.3 cm³/mol. The summed E-state index contributed by atoms with van der Waals surface area (Å²) in [6, 6.07) is 0.462. The fourth-order valence-corrected chi connectivity index (χ4v) is 3.36. The molecule has 0 aromatic carbocycles. The SMILES string of the molecule is CCC1CCC(N)C(CCC2CCCO2)C1. The molecular weight excluding hydrogens is 198 g/mol. The van der Waals surface area contributed by atoms with Crippen molar-refractivity contribution >= 4 is 0 Å². The van der Waals surface area contributed by atoms with Crippen LogP contribution in [0.1, 0.15) is 58.3 Å². The molecule has 1 heterocycles. The molecule has 94 valence electrons. The van der Waals surface area contributed by atoms with Crippen LogP contribution in [0.15, 0.2) is 0 Å². The summed E-state index contributed by atoms with van der Waals surface area (Å²) in [6.07, 6.45) is 10.9. The molecule has 1 saturated heterocycles. The third-order valence-electron chi connectivity index (χ3n) is 4.61. The van der Waals surface area contributed by atoms with Crippen molar-refractivity contribution < 1.29 is 4.74 Å². The normalized spacial score (nSPS) is 40.1. The maximum Gasteiger partial charge on any atom is 0.0576 e. The molecule has 4 unspecified atom stereocenters. The van der Waals surface area contributed by atoms with E-state index in [2.05, 4.69) is 6.92 Å². The van der Waals surface area contributed by atoms with E-state index in [4.69, 9.17) is 10.5 Å². The summed E-state index contributed by atoms with van der Waals surface area (Å²) < 4.78 is 5.69. The molecule has 4 atom stereocenters. The summed E-state index contributed by atoms with van der Waals surface area (Å²) in [5.74, 6) is 1.71. The van der Waals surface area contributed by atoms with E-state index in [0.29, 0.717) is 12.1 Å². The van der Waals surface area contributed by atoms with Gasteiger partial charge in [-0.3, -0.25) is 0 Å². The van der Waals surface area contributed by atoms with Gasteiger partial charge in [0.2, 0.25) is 0 Å². The summed E-state index contributed by atoms with van der Waals surface area (Å²) in [5.41, 5.74) is 6.24. The minimum absolute atomic E-state index is 0.462. The van der Waals surface area contributed by atoms with Gasteiger partial charge in [0, 0.05) is 12.6 Å². The molecule has 0 radical (unpaired) electrons. The van der Waals surface area contributed by atoms with E-state index in [1.165, 1.54) is 51.4 Å². The summed E-state index contributed by atoms with van der Waals surface area (Å²) in [6.45, 7) is 3.30. The lowest BCUT2D eigenvalue weighted by Crippen LogP contribution is -2.36. The van der Waals surface area contributed by atoms with Gasteiger partial charge in [-0.05, 0) is 56.8 Å². The molecule has 1 aliphatic heterocycles. The lowest BCUT2D eigenvalue weighted by molar-refractivity contribution is 0.0912. The molecule has 16 heavy (non-hydrogen) atoms. The van der Waals surface area contributed by atoms with Crippen LogP contribution in [-0.2, 0) is 4.74 Å². The molecular formula is C14H27NO. The fraction of sp³-hybridized carbons (Fsp3) is 1.00. The third-order valence-corrected chi connectivity index (χ3v) is 4.61. The summed E-state index contributed by atoms with van der Waals surface area (Å²) in [7, 11) is 0. The van der Waals surface area contributed by atoms with Crippen LogP contribution in [0, 0.1) is 11.8 Å². The maximum atomic E-state index is 6.24. The Morgan fingerprint density at radius 3 is 2.75 bits per heavy atom. The average Bonchev–Trinajstić information content (AvgIpc) is 2.81. The lowest BCUT2D eigenvalue weighted by Gasteiger charge is -2.34. The molecule has 2 heteroatoms.